The molecule has 16 heavy (non-hydrogen) atoms. The minimum Gasteiger partial charge on any atom is -0.507 e. The molecule has 3 heteroatoms. The molecule has 0 saturated heterocycles. The summed E-state index contributed by atoms with van der Waals surface area (Å²) in [6.45, 7) is 7.35. The molecule has 0 aliphatic rings. The van der Waals surface area contributed by atoms with E-state index in [2.05, 4.69) is 11.3 Å². The van der Waals surface area contributed by atoms with Gasteiger partial charge in [-0.25, -0.2) is 0 Å². The predicted octanol–water partition coefficient (Wildman–Crippen LogP) is 3.29. The van der Waals surface area contributed by atoms with Crippen LogP contribution in [0.2, 0.25) is 0 Å². The van der Waals surface area contributed by atoms with E-state index in [-0.39, 0.29) is 11.7 Å². The first-order chi connectivity index (χ1) is 7.56. The van der Waals surface area contributed by atoms with Gasteiger partial charge in [-0.1, -0.05) is 18.7 Å². The molecule has 0 spiro atoms. The first kappa shape index (κ1) is 14.5. The second-order valence-electron chi connectivity index (χ2n) is 3.48. The molecule has 0 amide bonds. The largest absolute Gasteiger partial charge is 0.507 e. The lowest BCUT2D eigenvalue weighted by Crippen LogP contribution is -2.00. The van der Waals surface area contributed by atoms with Crippen LogP contribution in [-0.2, 0) is 9.53 Å². The fourth-order valence-electron chi connectivity index (χ4n) is 1.23. The number of hydrogen-bond acceptors (Lipinski definition) is 3. The van der Waals surface area contributed by atoms with Crippen molar-refractivity contribution in [2.75, 3.05) is 7.11 Å². The quantitative estimate of drug-likeness (QED) is 0.428. The van der Waals surface area contributed by atoms with E-state index in [1.54, 1.807) is 6.08 Å². The maximum Gasteiger partial charge on any atom is 0.305 e. The Morgan fingerprint density at radius 2 is 2.06 bits per heavy atom. The highest BCUT2D eigenvalue weighted by Gasteiger charge is 2.06. The Kier molecular flexibility index (Phi) is 7.01. The molecule has 0 saturated carbocycles. The molecule has 0 fully saturated rings. The number of hydrogen-bond donors (Lipinski definition) is 1. The van der Waals surface area contributed by atoms with E-state index < -0.39 is 0 Å². The number of carbonyl (C=O) groups excluding carboxylic acids is 1. The van der Waals surface area contributed by atoms with Crippen LogP contribution < -0.4 is 0 Å². The fourth-order valence-corrected chi connectivity index (χ4v) is 1.23. The normalized spacial score (nSPS) is 13.1. The summed E-state index contributed by atoms with van der Waals surface area (Å²) >= 11 is 0. The average molecular weight is 224 g/mol. The standard InChI is InChI=1S/C13H20O3/c1-5-10(3)13(15)11(6-2)8-7-9-12(14)16-4/h5-6,15H,2,7-9H2,1,3-4H3/b10-5-,13-11-. The topological polar surface area (TPSA) is 46.5 Å². The zero-order valence-electron chi connectivity index (χ0n) is 10.2. The van der Waals surface area contributed by atoms with E-state index in [4.69, 9.17) is 0 Å². The second kappa shape index (κ2) is 7.74. The Bertz CT molecular complexity index is 311. The molecular weight excluding hydrogens is 204 g/mol. The van der Waals surface area contributed by atoms with Gasteiger partial charge in [0.25, 0.3) is 0 Å². The van der Waals surface area contributed by atoms with E-state index in [9.17, 15) is 9.90 Å². The molecule has 0 radical (unpaired) electrons. The molecule has 90 valence electrons. The van der Waals surface area contributed by atoms with Crippen molar-refractivity contribution in [3.63, 3.8) is 0 Å². The van der Waals surface area contributed by atoms with Crippen LogP contribution in [-0.4, -0.2) is 18.2 Å². The van der Waals surface area contributed by atoms with Crippen molar-refractivity contribution in [3.05, 3.63) is 35.6 Å². The maximum absolute atomic E-state index is 10.9. The number of rotatable bonds is 6. The van der Waals surface area contributed by atoms with Crippen LogP contribution in [0.3, 0.4) is 0 Å². The predicted molar refractivity (Wildman–Crippen MR) is 65.1 cm³/mol. The molecular formula is C13H20O3. The van der Waals surface area contributed by atoms with Crippen molar-refractivity contribution >= 4 is 5.97 Å². The van der Waals surface area contributed by atoms with Gasteiger partial charge in [-0.3, -0.25) is 4.79 Å². The molecule has 0 rings (SSSR count). The highest BCUT2D eigenvalue weighted by atomic mass is 16.5. The van der Waals surface area contributed by atoms with E-state index >= 15 is 0 Å². The first-order valence-electron chi connectivity index (χ1n) is 5.31. The number of carbonyl (C=O) groups is 1. The molecule has 0 aliphatic carbocycles. The van der Waals surface area contributed by atoms with Crippen LogP contribution in [0.25, 0.3) is 0 Å². The fraction of sp³-hybridized carbons (Fsp3) is 0.462. The molecule has 0 aromatic rings. The van der Waals surface area contributed by atoms with E-state index in [0.29, 0.717) is 19.3 Å². The van der Waals surface area contributed by atoms with E-state index in [1.165, 1.54) is 7.11 Å². The summed E-state index contributed by atoms with van der Waals surface area (Å²) in [6, 6.07) is 0. The molecule has 0 heterocycles. The number of esters is 1. The molecule has 0 aromatic heterocycles. The van der Waals surface area contributed by atoms with Gasteiger partial charge >= 0.3 is 5.97 Å². The van der Waals surface area contributed by atoms with Crippen LogP contribution in [0.5, 0.6) is 0 Å². The van der Waals surface area contributed by atoms with Gasteiger partial charge in [-0.15, -0.1) is 0 Å². The third kappa shape index (κ3) is 4.82. The Morgan fingerprint density at radius 3 is 2.50 bits per heavy atom. The first-order valence-corrected chi connectivity index (χ1v) is 5.31. The SMILES string of the molecule is C=C/C(CCCC(=O)OC)=C(O)\C(C)=C/C. The van der Waals surface area contributed by atoms with Crippen molar-refractivity contribution in [2.45, 2.75) is 33.1 Å². The third-order valence-electron chi connectivity index (χ3n) is 2.41. The Balaban J connectivity index is 4.42. The molecule has 3 nitrogen and oxygen atoms in total. The number of allylic oxidation sites excluding steroid dienone is 4. The molecule has 0 atom stereocenters. The number of aliphatic hydroxyl groups excluding tert-OH is 1. The summed E-state index contributed by atoms with van der Waals surface area (Å²) in [5.74, 6) is 0.0213. The van der Waals surface area contributed by atoms with Crippen molar-refractivity contribution in [1.82, 2.24) is 0 Å². The van der Waals surface area contributed by atoms with Crippen molar-refractivity contribution < 1.29 is 14.6 Å². The molecule has 0 unspecified atom stereocenters. The zero-order valence-corrected chi connectivity index (χ0v) is 10.2. The molecule has 0 bridgehead atoms. The molecule has 0 aromatic carbocycles. The summed E-state index contributed by atoms with van der Waals surface area (Å²) in [5.41, 5.74) is 1.58. The van der Waals surface area contributed by atoms with Gasteiger partial charge in [0.05, 0.1) is 7.11 Å². The smallest absolute Gasteiger partial charge is 0.305 e. The summed E-state index contributed by atoms with van der Waals surface area (Å²) in [6.07, 6.45) is 5.08. The van der Waals surface area contributed by atoms with Crippen LogP contribution >= 0.6 is 0 Å². The van der Waals surface area contributed by atoms with Crippen LogP contribution in [0.4, 0.5) is 0 Å². The summed E-state index contributed by atoms with van der Waals surface area (Å²) in [5, 5.41) is 9.82. The van der Waals surface area contributed by atoms with Gasteiger partial charge in [0.15, 0.2) is 0 Å². The van der Waals surface area contributed by atoms with Crippen molar-refractivity contribution in [3.8, 4) is 0 Å². The molecule has 0 aliphatic heterocycles. The van der Waals surface area contributed by atoms with Gasteiger partial charge in [-0.05, 0) is 37.8 Å². The van der Waals surface area contributed by atoms with E-state index in [1.807, 2.05) is 19.9 Å². The van der Waals surface area contributed by atoms with Gasteiger partial charge in [0.1, 0.15) is 5.76 Å². The zero-order chi connectivity index (χ0) is 12.6. The molecule has 1 N–H and O–H groups in total. The van der Waals surface area contributed by atoms with Crippen molar-refractivity contribution in [2.24, 2.45) is 0 Å². The monoisotopic (exact) mass is 224 g/mol. The van der Waals surface area contributed by atoms with Crippen LogP contribution in [0.15, 0.2) is 35.6 Å². The Morgan fingerprint density at radius 1 is 1.44 bits per heavy atom. The minimum atomic E-state index is -0.231. The summed E-state index contributed by atoms with van der Waals surface area (Å²) in [7, 11) is 1.37. The third-order valence-corrected chi connectivity index (χ3v) is 2.41. The Labute approximate surface area is 97.1 Å². The van der Waals surface area contributed by atoms with Gasteiger partial charge < -0.3 is 9.84 Å². The lowest BCUT2D eigenvalue weighted by Gasteiger charge is -2.07. The lowest BCUT2D eigenvalue weighted by molar-refractivity contribution is -0.140. The van der Waals surface area contributed by atoms with Gasteiger partial charge in [0.2, 0.25) is 0 Å². The van der Waals surface area contributed by atoms with Crippen LogP contribution in [0, 0.1) is 0 Å². The highest BCUT2D eigenvalue weighted by Crippen LogP contribution is 2.17. The second-order valence-corrected chi connectivity index (χ2v) is 3.48. The van der Waals surface area contributed by atoms with Gasteiger partial charge in [0, 0.05) is 6.42 Å². The number of aliphatic hydroxyl groups is 1. The average Bonchev–Trinajstić information content (AvgIpc) is 2.32. The van der Waals surface area contributed by atoms with Crippen molar-refractivity contribution in [1.29, 1.82) is 0 Å². The summed E-state index contributed by atoms with van der Waals surface area (Å²) in [4.78, 5) is 10.9. The van der Waals surface area contributed by atoms with Gasteiger partial charge in [-0.2, -0.15) is 0 Å². The number of methoxy groups -OCH3 is 1. The summed E-state index contributed by atoms with van der Waals surface area (Å²) < 4.78 is 4.54. The minimum absolute atomic E-state index is 0.231. The lowest BCUT2D eigenvalue weighted by atomic mass is 10.0. The van der Waals surface area contributed by atoms with Crippen LogP contribution in [0.1, 0.15) is 33.1 Å². The maximum atomic E-state index is 10.9. The Hall–Kier alpha value is -1.51. The van der Waals surface area contributed by atoms with E-state index in [0.717, 1.165) is 11.1 Å². The highest BCUT2D eigenvalue weighted by molar-refractivity contribution is 5.69. The number of ether oxygens (including phenoxy) is 1.